The molecule has 0 bridgehead atoms. The van der Waals surface area contributed by atoms with Crippen LogP contribution in [0.5, 0.6) is 5.75 Å². The number of anilines is 1. The predicted octanol–water partition coefficient (Wildman–Crippen LogP) is 4.44. The molecular formula is C23H21NO6S. The van der Waals surface area contributed by atoms with Crippen molar-refractivity contribution in [2.75, 3.05) is 11.5 Å². The molecule has 1 heterocycles. The Labute approximate surface area is 183 Å². The largest absolute Gasteiger partial charge is 0.480 e. The number of thiophene rings is 1. The number of aliphatic carboxylic acids is 1. The molecule has 31 heavy (non-hydrogen) atoms. The molecule has 160 valence electrons. The summed E-state index contributed by atoms with van der Waals surface area (Å²) in [5.74, 6) is -2.46. The van der Waals surface area contributed by atoms with Crippen LogP contribution in [0.4, 0.5) is 5.69 Å². The Morgan fingerprint density at radius 3 is 2.35 bits per heavy atom. The lowest BCUT2D eigenvalue weighted by molar-refractivity contribution is -0.139. The van der Waals surface area contributed by atoms with Gasteiger partial charge in [0.15, 0.2) is 11.5 Å². The highest BCUT2D eigenvalue weighted by Gasteiger charge is 2.24. The van der Waals surface area contributed by atoms with E-state index >= 15 is 0 Å². The van der Waals surface area contributed by atoms with Crippen LogP contribution >= 0.6 is 11.3 Å². The van der Waals surface area contributed by atoms with E-state index in [1.165, 1.54) is 6.92 Å². The maximum Gasteiger partial charge on any atom is 0.349 e. The van der Waals surface area contributed by atoms with Gasteiger partial charge >= 0.3 is 11.9 Å². The highest BCUT2D eigenvalue weighted by Crippen LogP contribution is 2.42. The van der Waals surface area contributed by atoms with E-state index in [0.29, 0.717) is 28.2 Å². The molecule has 8 heteroatoms. The van der Waals surface area contributed by atoms with Gasteiger partial charge in [-0.2, -0.15) is 0 Å². The van der Waals surface area contributed by atoms with Gasteiger partial charge in [-0.3, -0.25) is 4.79 Å². The van der Waals surface area contributed by atoms with Crippen molar-refractivity contribution in [1.29, 1.82) is 0 Å². The van der Waals surface area contributed by atoms with Crippen molar-refractivity contribution in [2.45, 2.75) is 20.4 Å². The molecule has 7 nitrogen and oxygen atoms in total. The summed E-state index contributed by atoms with van der Waals surface area (Å²) in [5, 5.41) is 18.4. The van der Waals surface area contributed by atoms with Gasteiger partial charge in [-0.15, -0.1) is 11.3 Å². The second-order valence-electron chi connectivity index (χ2n) is 6.84. The molecule has 0 fully saturated rings. The zero-order chi connectivity index (χ0) is 22.5. The third kappa shape index (κ3) is 5.10. The summed E-state index contributed by atoms with van der Waals surface area (Å²) in [5.41, 5.74) is 2.91. The smallest absolute Gasteiger partial charge is 0.349 e. The SMILES string of the molecule is CC(=O)N(Cc1ccccc1)c1cccc(-c2sc(C(=O)O)c(OCC(=O)O)c2C)c1. The van der Waals surface area contributed by atoms with E-state index in [9.17, 15) is 19.5 Å². The van der Waals surface area contributed by atoms with Gasteiger partial charge in [-0.25, -0.2) is 9.59 Å². The third-order valence-corrected chi connectivity index (χ3v) is 5.92. The zero-order valence-electron chi connectivity index (χ0n) is 17.0. The Balaban J connectivity index is 2.00. The Morgan fingerprint density at radius 1 is 1.03 bits per heavy atom. The molecule has 0 unspecified atom stereocenters. The molecule has 2 aromatic carbocycles. The fourth-order valence-electron chi connectivity index (χ4n) is 3.19. The van der Waals surface area contributed by atoms with E-state index < -0.39 is 18.5 Å². The van der Waals surface area contributed by atoms with Gasteiger partial charge < -0.3 is 19.8 Å². The normalized spacial score (nSPS) is 10.5. The molecule has 0 saturated heterocycles. The lowest BCUT2D eigenvalue weighted by atomic mass is 10.1. The number of carboxylic acid groups (broad SMARTS) is 2. The van der Waals surface area contributed by atoms with E-state index in [1.54, 1.807) is 17.9 Å². The molecule has 0 spiro atoms. The van der Waals surface area contributed by atoms with Crippen LogP contribution in [0.15, 0.2) is 54.6 Å². The molecule has 0 aliphatic rings. The summed E-state index contributed by atoms with van der Waals surface area (Å²) < 4.78 is 5.25. The summed E-state index contributed by atoms with van der Waals surface area (Å²) in [6.45, 7) is 2.95. The number of benzene rings is 2. The predicted molar refractivity (Wildman–Crippen MR) is 118 cm³/mol. The summed E-state index contributed by atoms with van der Waals surface area (Å²) in [6.07, 6.45) is 0. The van der Waals surface area contributed by atoms with E-state index in [0.717, 1.165) is 16.9 Å². The van der Waals surface area contributed by atoms with Gasteiger partial charge in [0.1, 0.15) is 5.75 Å². The van der Waals surface area contributed by atoms with Crippen molar-refractivity contribution < 1.29 is 29.3 Å². The molecule has 0 saturated carbocycles. The maximum atomic E-state index is 12.3. The second kappa shape index (κ2) is 9.44. The summed E-state index contributed by atoms with van der Waals surface area (Å²) >= 11 is 1.01. The topological polar surface area (TPSA) is 104 Å². The fraction of sp³-hybridized carbons (Fsp3) is 0.174. The third-order valence-electron chi connectivity index (χ3n) is 4.61. The van der Waals surface area contributed by atoms with E-state index in [-0.39, 0.29) is 16.5 Å². The quantitative estimate of drug-likeness (QED) is 0.538. The monoisotopic (exact) mass is 439 g/mol. The van der Waals surface area contributed by atoms with Gasteiger partial charge in [0.05, 0.1) is 6.54 Å². The second-order valence-corrected chi connectivity index (χ2v) is 7.86. The average molecular weight is 439 g/mol. The first-order valence-electron chi connectivity index (χ1n) is 9.41. The van der Waals surface area contributed by atoms with Crippen LogP contribution in [-0.4, -0.2) is 34.7 Å². The number of carbonyl (C=O) groups is 3. The molecule has 2 N–H and O–H groups in total. The van der Waals surface area contributed by atoms with Crippen molar-refractivity contribution in [2.24, 2.45) is 0 Å². The number of ether oxygens (including phenoxy) is 1. The number of rotatable bonds is 8. The summed E-state index contributed by atoms with van der Waals surface area (Å²) in [4.78, 5) is 37.1. The van der Waals surface area contributed by atoms with Gasteiger partial charge in [-0.05, 0) is 30.2 Å². The Bertz CT molecular complexity index is 1120. The number of carboxylic acids is 2. The molecule has 0 radical (unpaired) electrons. The Kier molecular flexibility index (Phi) is 6.71. The number of hydrogen-bond donors (Lipinski definition) is 2. The maximum absolute atomic E-state index is 12.3. The number of aromatic carboxylic acids is 1. The zero-order valence-corrected chi connectivity index (χ0v) is 17.8. The first-order chi connectivity index (χ1) is 14.8. The van der Waals surface area contributed by atoms with Crippen LogP contribution in [0, 0.1) is 6.92 Å². The lowest BCUT2D eigenvalue weighted by Gasteiger charge is -2.22. The number of amides is 1. The van der Waals surface area contributed by atoms with Gasteiger partial charge in [-0.1, -0.05) is 42.5 Å². The molecule has 0 aliphatic carbocycles. The van der Waals surface area contributed by atoms with Gasteiger partial charge in [0.25, 0.3) is 0 Å². The average Bonchev–Trinajstić information content (AvgIpc) is 3.07. The van der Waals surface area contributed by atoms with Crippen molar-refractivity contribution in [1.82, 2.24) is 0 Å². The minimum absolute atomic E-state index is 0.0491. The summed E-state index contributed by atoms with van der Waals surface area (Å²) in [6, 6.07) is 16.8. The molecule has 3 rings (SSSR count). The van der Waals surface area contributed by atoms with E-state index in [4.69, 9.17) is 9.84 Å². The van der Waals surface area contributed by atoms with Crippen LogP contribution in [0.25, 0.3) is 10.4 Å². The highest BCUT2D eigenvalue weighted by atomic mass is 32.1. The molecular weight excluding hydrogens is 418 g/mol. The van der Waals surface area contributed by atoms with Crippen LogP contribution in [0.3, 0.4) is 0 Å². The fourth-order valence-corrected chi connectivity index (χ4v) is 4.27. The van der Waals surface area contributed by atoms with E-state index in [2.05, 4.69) is 0 Å². The van der Waals surface area contributed by atoms with Gasteiger partial charge in [0.2, 0.25) is 5.91 Å². The first kappa shape index (κ1) is 22.0. The van der Waals surface area contributed by atoms with E-state index in [1.807, 2.05) is 48.5 Å². The summed E-state index contributed by atoms with van der Waals surface area (Å²) in [7, 11) is 0. The highest BCUT2D eigenvalue weighted by molar-refractivity contribution is 7.18. The Hall–Kier alpha value is -3.65. The van der Waals surface area contributed by atoms with Crippen molar-refractivity contribution >= 4 is 34.9 Å². The van der Waals surface area contributed by atoms with Crippen LogP contribution < -0.4 is 9.64 Å². The first-order valence-corrected chi connectivity index (χ1v) is 10.2. The minimum Gasteiger partial charge on any atom is -0.480 e. The molecule has 0 atom stereocenters. The van der Waals surface area contributed by atoms with Crippen molar-refractivity contribution in [3.05, 3.63) is 70.6 Å². The van der Waals surface area contributed by atoms with Gasteiger partial charge in [0, 0.05) is 23.1 Å². The van der Waals surface area contributed by atoms with Crippen molar-refractivity contribution in [3.8, 4) is 16.2 Å². The van der Waals surface area contributed by atoms with Crippen LogP contribution in [-0.2, 0) is 16.1 Å². The standard InChI is InChI=1S/C23H21NO6S/c1-14-20(30-13-19(26)27)22(23(28)29)31-21(14)17-9-6-10-18(11-17)24(15(2)25)12-16-7-4-3-5-8-16/h3-11H,12-13H2,1-2H3,(H,26,27)(H,28,29). The van der Waals surface area contributed by atoms with Crippen LogP contribution in [0.1, 0.15) is 27.7 Å². The number of nitrogens with zero attached hydrogens (tertiary/aromatic N) is 1. The number of hydrogen-bond acceptors (Lipinski definition) is 5. The minimum atomic E-state index is -1.19. The van der Waals surface area contributed by atoms with Crippen LogP contribution in [0.2, 0.25) is 0 Å². The lowest BCUT2D eigenvalue weighted by Crippen LogP contribution is -2.27. The molecule has 1 amide bonds. The molecule has 0 aliphatic heterocycles. The molecule has 1 aromatic heterocycles. The Morgan fingerprint density at radius 2 is 1.74 bits per heavy atom. The molecule has 3 aromatic rings. The number of carbonyl (C=O) groups excluding carboxylic acids is 1. The van der Waals surface area contributed by atoms with Crippen molar-refractivity contribution in [3.63, 3.8) is 0 Å².